The molecular formula is C27H27N7O7. The summed E-state index contributed by atoms with van der Waals surface area (Å²) >= 11 is 0. The number of hydrogen-bond acceptors (Lipinski definition) is 10. The second-order valence-electron chi connectivity index (χ2n) is 9.46. The fourth-order valence-electron chi connectivity index (χ4n) is 4.36. The molecule has 2 aromatic heterocycles. The monoisotopic (exact) mass is 561 g/mol. The molecule has 1 amide bonds. The molecule has 41 heavy (non-hydrogen) atoms. The van der Waals surface area contributed by atoms with Crippen molar-refractivity contribution in [1.82, 2.24) is 30.0 Å². The Kier molecular flexibility index (Phi) is 8.20. The first kappa shape index (κ1) is 27.7. The summed E-state index contributed by atoms with van der Waals surface area (Å²) < 4.78 is 12.6. The molecule has 14 heteroatoms. The maximum Gasteiger partial charge on any atom is 0.330 e. The molecule has 2 aromatic carbocycles. The molecule has 212 valence electrons. The van der Waals surface area contributed by atoms with Crippen molar-refractivity contribution in [2.75, 3.05) is 19.8 Å². The van der Waals surface area contributed by atoms with Crippen molar-refractivity contribution in [2.45, 2.75) is 38.2 Å². The number of aliphatic hydroxyl groups excluding tert-OH is 1. The van der Waals surface area contributed by atoms with Gasteiger partial charge in [-0.05, 0) is 48.9 Å². The number of hydrogen-bond donors (Lipinski definition) is 3. The molecular weight excluding hydrogens is 534 g/mol. The lowest BCUT2D eigenvalue weighted by molar-refractivity contribution is -0.0636. The van der Waals surface area contributed by atoms with E-state index in [0.29, 0.717) is 35.1 Å². The lowest BCUT2D eigenvalue weighted by Crippen LogP contribution is -2.33. The van der Waals surface area contributed by atoms with Crippen molar-refractivity contribution < 1.29 is 24.2 Å². The molecule has 0 aliphatic carbocycles. The Labute approximate surface area is 232 Å². The molecule has 1 aliphatic heterocycles. The van der Waals surface area contributed by atoms with Gasteiger partial charge in [-0.1, -0.05) is 17.0 Å². The third-order valence-corrected chi connectivity index (χ3v) is 6.56. The normalized spacial score (nSPS) is 18.3. The molecule has 3 heterocycles. The molecule has 0 bridgehead atoms. The third kappa shape index (κ3) is 6.17. The van der Waals surface area contributed by atoms with Gasteiger partial charge in [-0.2, -0.15) is 5.26 Å². The number of carbonyl (C=O) groups excluding carboxylic acids is 1. The van der Waals surface area contributed by atoms with Gasteiger partial charge in [0.05, 0.1) is 18.3 Å². The number of nitrogens with zero attached hydrogens (tertiary/aromatic N) is 5. The van der Waals surface area contributed by atoms with Crippen LogP contribution in [0.2, 0.25) is 0 Å². The number of carbonyl (C=O) groups is 1. The SMILES string of the molecule is Cc1cn([C@H]2C[C@H](O)[C@@H](COCCCNC(=O)c3ccc(On4nnc5ccccc54)c(C#N)c3)O2)c(=O)[nH]c1=O. The summed E-state index contributed by atoms with van der Waals surface area (Å²) in [5, 5.41) is 30.6. The van der Waals surface area contributed by atoms with Crippen LogP contribution in [-0.4, -0.2) is 67.7 Å². The number of aromatic nitrogens is 5. The summed E-state index contributed by atoms with van der Waals surface area (Å²) in [6.45, 7) is 2.27. The van der Waals surface area contributed by atoms with Crippen LogP contribution in [0.4, 0.5) is 0 Å². The van der Waals surface area contributed by atoms with Crippen LogP contribution in [0.15, 0.2) is 58.3 Å². The van der Waals surface area contributed by atoms with Gasteiger partial charge in [-0.15, -0.1) is 5.10 Å². The average Bonchev–Trinajstić information content (AvgIpc) is 3.55. The zero-order valence-corrected chi connectivity index (χ0v) is 22.0. The Bertz CT molecular complexity index is 1720. The Hall–Kier alpha value is -4.84. The summed E-state index contributed by atoms with van der Waals surface area (Å²) in [7, 11) is 0. The molecule has 1 saturated heterocycles. The second kappa shape index (κ2) is 12.1. The lowest BCUT2D eigenvalue weighted by Gasteiger charge is -2.16. The van der Waals surface area contributed by atoms with E-state index in [0.717, 1.165) is 0 Å². The predicted molar refractivity (Wildman–Crippen MR) is 143 cm³/mol. The van der Waals surface area contributed by atoms with E-state index in [-0.39, 0.29) is 36.9 Å². The van der Waals surface area contributed by atoms with E-state index in [9.17, 15) is 24.8 Å². The first-order valence-corrected chi connectivity index (χ1v) is 12.9. The van der Waals surface area contributed by atoms with Crippen LogP contribution in [0.1, 0.15) is 40.6 Å². The molecule has 3 atom stereocenters. The van der Waals surface area contributed by atoms with Gasteiger partial charge in [-0.25, -0.2) is 4.79 Å². The second-order valence-corrected chi connectivity index (χ2v) is 9.46. The fourth-order valence-corrected chi connectivity index (χ4v) is 4.36. The van der Waals surface area contributed by atoms with Crippen LogP contribution >= 0.6 is 0 Å². The minimum atomic E-state index is -0.844. The minimum absolute atomic E-state index is 0.0940. The Morgan fingerprint density at radius 2 is 2.12 bits per heavy atom. The van der Waals surface area contributed by atoms with E-state index in [1.807, 2.05) is 18.2 Å². The number of fused-ring (bicyclic) bond motifs is 1. The number of H-pyrrole nitrogens is 1. The van der Waals surface area contributed by atoms with Crippen molar-refractivity contribution in [1.29, 1.82) is 5.26 Å². The number of aliphatic hydroxyl groups is 1. The maximum atomic E-state index is 12.6. The zero-order valence-electron chi connectivity index (χ0n) is 22.0. The van der Waals surface area contributed by atoms with E-state index in [4.69, 9.17) is 14.3 Å². The fraction of sp³-hybridized carbons (Fsp3) is 0.333. The Morgan fingerprint density at radius 1 is 1.29 bits per heavy atom. The average molecular weight is 562 g/mol. The highest BCUT2D eigenvalue weighted by atomic mass is 16.7. The number of aromatic amines is 1. The molecule has 4 aromatic rings. The summed E-state index contributed by atoms with van der Waals surface area (Å²) in [5.74, 6) is -0.134. The highest BCUT2D eigenvalue weighted by Crippen LogP contribution is 2.28. The molecule has 3 N–H and O–H groups in total. The molecule has 14 nitrogen and oxygen atoms in total. The lowest BCUT2D eigenvalue weighted by atomic mass is 10.1. The topological polar surface area (TPSA) is 186 Å². The zero-order chi connectivity index (χ0) is 28.9. The van der Waals surface area contributed by atoms with Crippen LogP contribution in [0, 0.1) is 18.3 Å². The van der Waals surface area contributed by atoms with E-state index < -0.39 is 29.7 Å². The first-order chi connectivity index (χ1) is 19.8. The number of para-hydroxylation sites is 1. The van der Waals surface area contributed by atoms with Gasteiger partial charge in [0.15, 0.2) is 5.75 Å². The van der Waals surface area contributed by atoms with E-state index >= 15 is 0 Å². The van der Waals surface area contributed by atoms with Gasteiger partial charge < -0.3 is 24.7 Å². The molecule has 5 rings (SSSR count). The van der Waals surface area contributed by atoms with Gasteiger partial charge in [0.2, 0.25) is 0 Å². The van der Waals surface area contributed by atoms with E-state index in [1.54, 1.807) is 25.1 Å². The first-order valence-electron chi connectivity index (χ1n) is 12.9. The molecule has 0 saturated carbocycles. The van der Waals surface area contributed by atoms with Gasteiger partial charge >= 0.3 is 5.69 Å². The minimum Gasteiger partial charge on any atom is -0.390 e. The quantitative estimate of drug-likeness (QED) is 0.234. The van der Waals surface area contributed by atoms with Crippen LogP contribution in [0.5, 0.6) is 5.75 Å². The van der Waals surface area contributed by atoms with Crippen LogP contribution < -0.4 is 21.4 Å². The van der Waals surface area contributed by atoms with Crippen molar-refractivity contribution in [2.24, 2.45) is 0 Å². The number of ether oxygens (including phenoxy) is 2. The number of benzene rings is 2. The highest BCUT2D eigenvalue weighted by molar-refractivity contribution is 5.94. The maximum absolute atomic E-state index is 12.6. The van der Waals surface area contributed by atoms with Crippen molar-refractivity contribution in [3.05, 3.63) is 86.2 Å². The highest BCUT2D eigenvalue weighted by Gasteiger charge is 2.35. The van der Waals surface area contributed by atoms with Crippen molar-refractivity contribution >= 4 is 16.9 Å². The number of aryl methyl sites for hydroxylation is 1. The van der Waals surface area contributed by atoms with Gasteiger partial charge in [0, 0.05) is 36.9 Å². The molecule has 1 fully saturated rings. The number of amides is 1. The molecule has 0 spiro atoms. The summed E-state index contributed by atoms with van der Waals surface area (Å²) in [6.07, 6.45) is -0.130. The van der Waals surface area contributed by atoms with Crippen LogP contribution in [0.3, 0.4) is 0 Å². The molecule has 1 aliphatic rings. The number of nitrogens with one attached hydrogen (secondary N) is 2. The summed E-state index contributed by atoms with van der Waals surface area (Å²) in [4.78, 5) is 45.5. The number of nitriles is 1. The largest absolute Gasteiger partial charge is 0.390 e. The van der Waals surface area contributed by atoms with E-state index in [1.165, 1.54) is 27.7 Å². The Morgan fingerprint density at radius 3 is 2.95 bits per heavy atom. The standard InChI is InChI=1S/C27H27N7O7/c1-16-14-33(27(38)30-25(16)36)24-12-21(35)23(40-24)15-39-10-4-9-29-26(37)17-7-8-22(18(11-17)13-28)41-34-20-6-3-2-5-19(20)31-32-34/h2-3,5-8,11,14,21,23-24,35H,4,9-10,12,15H2,1H3,(H,29,37)(H,30,36,38)/t21-,23+,24+/m0/s1. The molecule has 0 unspecified atom stereocenters. The van der Waals surface area contributed by atoms with E-state index in [2.05, 4.69) is 20.6 Å². The van der Waals surface area contributed by atoms with Gasteiger partial charge in [0.25, 0.3) is 11.5 Å². The summed E-state index contributed by atoms with van der Waals surface area (Å²) in [6, 6.07) is 13.8. The smallest absolute Gasteiger partial charge is 0.330 e. The molecule has 0 radical (unpaired) electrons. The van der Waals surface area contributed by atoms with Crippen molar-refractivity contribution in [3.8, 4) is 11.8 Å². The third-order valence-electron chi connectivity index (χ3n) is 6.56. The summed E-state index contributed by atoms with van der Waals surface area (Å²) in [5.41, 5.74) is 1.01. The van der Waals surface area contributed by atoms with Crippen LogP contribution in [-0.2, 0) is 9.47 Å². The predicted octanol–water partition coefficient (Wildman–Crippen LogP) is 0.789. The van der Waals surface area contributed by atoms with Crippen LogP contribution in [0.25, 0.3) is 11.0 Å². The van der Waals surface area contributed by atoms with Crippen molar-refractivity contribution in [3.63, 3.8) is 0 Å². The van der Waals surface area contributed by atoms with Gasteiger partial charge in [0.1, 0.15) is 29.4 Å². The van der Waals surface area contributed by atoms with Gasteiger partial charge in [-0.3, -0.25) is 19.1 Å². The Balaban J connectivity index is 1.07. The number of rotatable bonds is 10.